The average Bonchev–Trinajstić information content (AvgIpc) is 2.81. The quantitative estimate of drug-likeness (QED) is 0.823. The molecular weight excluding hydrogens is 210 g/mol. The van der Waals surface area contributed by atoms with Crippen molar-refractivity contribution in [1.82, 2.24) is 5.32 Å². The number of thioether (sulfide) groups is 1. The summed E-state index contributed by atoms with van der Waals surface area (Å²) in [6.45, 7) is 0.582. The van der Waals surface area contributed by atoms with Gasteiger partial charge in [0.25, 0.3) is 0 Å². The number of hydrogen-bond donors (Lipinski definition) is 2. The summed E-state index contributed by atoms with van der Waals surface area (Å²) in [6, 6.07) is 4.16. The van der Waals surface area contributed by atoms with E-state index in [0.29, 0.717) is 18.3 Å². The first-order chi connectivity index (χ1) is 7.36. The van der Waals surface area contributed by atoms with Crippen LogP contribution in [0.5, 0.6) is 0 Å². The lowest BCUT2D eigenvalue weighted by Gasteiger charge is -2.23. The van der Waals surface area contributed by atoms with E-state index in [1.807, 2.05) is 17.8 Å². The van der Waals surface area contributed by atoms with Gasteiger partial charge in [0, 0.05) is 18.3 Å². The molecule has 0 aromatic carbocycles. The molecule has 15 heavy (non-hydrogen) atoms. The third-order valence-electron chi connectivity index (χ3n) is 2.63. The Labute approximate surface area is 94.2 Å². The highest BCUT2D eigenvalue weighted by Crippen LogP contribution is 2.18. The average molecular weight is 227 g/mol. The Balaban J connectivity index is 1.73. The lowest BCUT2D eigenvalue weighted by molar-refractivity contribution is 0.143. The molecule has 4 heteroatoms. The Bertz CT molecular complexity index is 270. The summed E-state index contributed by atoms with van der Waals surface area (Å²) in [5.41, 5.74) is 0. The fraction of sp³-hybridized carbons (Fsp3) is 0.636. The lowest BCUT2D eigenvalue weighted by Crippen LogP contribution is -2.36. The molecular formula is C11H17NO2S. The zero-order valence-corrected chi connectivity index (χ0v) is 9.50. The molecule has 1 fully saturated rings. The first-order valence-electron chi connectivity index (χ1n) is 5.39. The van der Waals surface area contributed by atoms with E-state index in [9.17, 15) is 5.11 Å². The minimum Gasteiger partial charge on any atom is -0.467 e. The van der Waals surface area contributed by atoms with Crippen molar-refractivity contribution in [2.45, 2.75) is 25.0 Å². The second-order valence-corrected chi connectivity index (χ2v) is 5.00. The zero-order valence-electron chi connectivity index (χ0n) is 8.69. The summed E-state index contributed by atoms with van der Waals surface area (Å²) in [7, 11) is 0. The maximum Gasteiger partial charge on any atom is 0.133 e. The van der Waals surface area contributed by atoms with Gasteiger partial charge in [-0.3, -0.25) is 0 Å². The lowest BCUT2D eigenvalue weighted by atomic mass is 10.1. The van der Waals surface area contributed by atoms with Crippen molar-refractivity contribution >= 4 is 11.8 Å². The van der Waals surface area contributed by atoms with Gasteiger partial charge in [-0.1, -0.05) is 0 Å². The summed E-state index contributed by atoms with van der Waals surface area (Å²) < 4.78 is 5.14. The fourth-order valence-corrected chi connectivity index (χ4v) is 2.87. The molecule has 84 valence electrons. The standard InChI is InChI=1S/C11H17NO2S/c13-10(11-4-1-5-14-11)7-12-9-3-2-6-15-8-9/h1,4-5,9-10,12-13H,2-3,6-8H2/t9-,10-/m0/s1. The van der Waals surface area contributed by atoms with Gasteiger partial charge in [0.05, 0.1) is 6.26 Å². The molecule has 2 rings (SSSR count). The van der Waals surface area contributed by atoms with E-state index in [1.165, 1.54) is 18.6 Å². The second-order valence-electron chi connectivity index (χ2n) is 3.85. The zero-order chi connectivity index (χ0) is 10.5. The van der Waals surface area contributed by atoms with Crippen molar-refractivity contribution in [2.75, 3.05) is 18.1 Å². The second kappa shape index (κ2) is 5.58. The van der Waals surface area contributed by atoms with Crippen molar-refractivity contribution in [3.8, 4) is 0 Å². The maximum atomic E-state index is 9.78. The first kappa shape index (κ1) is 11.0. The largest absolute Gasteiger partial charge is 0.467 e. The van der Waals surface area contributed by atoms with Crippen LogP contribution in [-0.4, -0.2) is 29.2 Å². The number of aliphatic hydroxyl groups is 1. The molecule has 1 saturated heterocycles. The van der Waals surface area contributed by atoms with Crippen molar-refractivity contribution in [2.24, 2.45) is 0 Å². The minimum atomic E-state index is -0.521. The van der Waals surface area contributed by atoms with Crippen LogP contribution in [-0.2, 0) is 0 Å². The molecule has 0 spiro atoms. The monoisotopic (exact) mass is 227 g/mol. The normalized spacial score (nSPS) is 23.9. The highest BCUT2D eigenvalue weighted by molar-refractivity contribution is 7.99. The van der Waals surface area contributed by atoms with Crippen LogP contribution >= 0.6 is 11.8 Å². The Morgan fingerprint density at radius 3 is 3.27 bits per heavy atom. The smallest absolute Gasteiger partial charge is 0.133 e. The number of nitrogens with one attached hydrogen (secondary N) is 1. The van der Waals surface area contributed by atoms with Crippen LogP contribution in [0.2, 0.25) is 0 Å². The number of hydrogen-bond acceptors (Lipinski definition) is 4. The van der Waals surface area contributed by atoms with E-state index in [4.69, 9.17) is 4.42 Å². The van der Waals surface area contributed by atoms with E-state index in [2.05, 4.69) is 5.32 Å². The van der Waals surface area contributed by atoms with Gasteiger partial charge < -0.3 is 14.8 Å². The molecule has 1 aromatic rings. The summed E-state index contributed by atoms with van der Waals surface area (Å²) >= 11 is 1.98. The Hall–Kier alpha value is -0.450. The minimum absolute atomic E-state index is 0.521. The molecule has 2 heterocycles. The number of rotatable bonds is 4. The van der Waals surface area contributed by atoms with E-state index in [1.54, 1.807) is 12.3 Å². The van der Waals surface area contributed by atoms with Crippen molar-refractivity contribution < 1.29 is 9.52 Å². The molecule has 0 unspecified atom stereocenters. The maximum absolute atomic E-state index is 9.78. The molecule has 3 nitrogen and oxygen atoms in total. The molecule has 2 atom stereocenters. The van der Waals surface area contributed by atoms with E-state index < -0.39 is 6.10 Å². The van der Waals surface area contributed by atoms with Crippen molar-refractivity contribution in [3.63, 3.8) is 0 Å². The summed E-state index contributed by atoms with van der Waals surface area (Å²) in [6.07, 6.45) is 3.57. The van der Waals surface area contributed by atoms with Crippen LogP contribution in [0.25, 0.3) is 0 Å². The summed E-state index contributed by atoms with van der Waals surface area (Å²) in [5.74, 6) is 3.08. The van der Waals surface area contributed by atoms with E-state index in [-0.39, 0.29) is 0 Å². The number of furan rings is 1. The third-order valence-corrected chi connectivity index (χ3v) is 3.85. The molecule has 1 aliphatic heterocycles. The van der Waals surface area contributed by atoms with Gasteiger partial charge in [-0.2, -0.15) is 11.8 Å². The fourth-order valence-electron chi connectivity index (χ4n) is 1.76. The van der Waals surface area contributed by atoms with Gasteiger partial charge in [-0.25, -0.2) is 0 Å². The molecule has 0 amide bonds. The Morgan fingerprint density at radius 2 is 2.60 bits per heavy atom. The topological polar surface area (TPSA) is 45.4 Å². The summed E-state index contributed by atoms with van der Waals surface area (Å²) in [5, 5.41) is 13.2. The van der Waals surface area contributed by atoms with Gasteiger partial charge in [-0.05, 0) is 30.7 Å². The van der Waals surface area contributed by atoms with Gasteiger partial charge in [0.15, 0.2) is 0 Å². The van der Waals surface area contributed by atoms with Crippen LogP contribution in [0.3, 0.4) is 0 Å². The van der Waals surface area contributed by atoms with Gasteiger partial charge in [-0.15, -0.1) is 0 Å². The molecule has 1 aromatic heterocycles. The van der Waals surface area contributed by atoms with Gasteiger partial charge in [0.2, 0.25) is 0 Å². The molecule has 0 bridgehead atoms. The predicted octanol–water partition coefficient (Wildman–Crippen LogP) is 1.80. The van der Waals surface area contributed by atoms with Gasteiger partial charge >= 0.3 is 0 Å². The highest BCUT2D eigenvalue weighted by atomic mass is 32.2. The van der Waals surface area contributed by atoms with Crippen LogP contribution in [0, 0.1) is 0 Å². The summed E-state index contributed by atoms with van der Waals surface area (Å²) in [4.78, 5) is 0. The first-order valence-corrected chi connectivity index (χ1v) is 6.54. The number of aliphatic hydroxyl groups excluding tert-OH is 1. The highest BCUT2D eigenvalue weighted by Gasteiger charge is 2.16. The third kappa shape index (κ3) is 3.26. The molecule has 2 N–H and O–H groups in total. The van der Waals surface area contributed by atoms with E-state index in [0.717, 1.165) is 5.75 Å². The van der Waals surface area contributed by atoms with Crippen LogP contribution < -0.4 is 5.32 Å². The van der Waals surface area contributed by atoms with Crippen LogP contribution in [0.15, 0.2) is 22.8 Å². The van der Waals surface area contributed by atoms with Crippen molar-refractivity contribution in [1.29, 1.82) is 0 Å². The SMILES string of the molecule is O[C@@H](CN[C@H]1CCCSC1)c1ccco1. The molecule has 0 aliphatic carbocycles. The molecule has 1 aliphatic rings. The van der Waals surface area contributed by atoms with Crippen LogP contribution in [0.4, 0.5) is 0 Å². The molecule has 0 saturated carbocycles. The van der Waals surface area contributed by atoms with Crippen LogP contribution in [0.1, 0.15) is 24.7 Å². The van der Waals surface area contributed by atoms with E-state index >= 15 is 0 Å². The Kier molecular flexibility index (Phi) is 4.11. The Morgan fingerprint density at radius 1 is 1.67 bits per heavy atom. The van der Waals surface area contributed by atoms with Gasteiger partial charge in [0.1, 0.15) is 11.9 Å². The van der Waals surface area contributed by atoms with Crippen molar-refractivity contribution in [3.05, 3.63) is 24.2 Å². The molecule has 0 radical (unpaired) electrons. The predicted molar refractivity (Wildman–Crippen MR) is 62.0 cm³/mol.